The van der Waals surface area contributed by atoms with E-state index in [9.17, 15) is 0 Å². The minimum atomic E-state index is -0.0898. The number of nitrogens with two attached hydrogens (primary N) is 1. The van der Waals surface area contributed by atoms with E-state index in [4.69, 9.17) is 10.7 Å². The summed E-state index contributed by atoms with van der Waals surface area (Å²) in [5.41, 5.74) is 8.02. The first-order chi connectivity index (χ1) is 8.73. The summed E-state index contributed by atoms with van der Waals surface area (Å²) in [7, 11) is 1.95. The molecule has 0 bridgehead atoms. The molecule has 0 aliphatic rings. The molecule has 0 radical (unpaired) electrons. The second-order valence-electron chi connectivity index (χ2n) is 6.25. The van der Waals surface area contributed by atoms with E-state index in [1.54, 1.807) is 12.5 Å². The van der Waals surface area contributed by atoms with E-state index in [1.807, 2.05) is 11.6 Å². The lowest BCUT2D eigenvalue weighted by molar-refractivity contribution is 0.382. The molecule has 0 spiro atoms. The van der Waals surface area contributed by atoms with Gasteiger partial charge in [0.05, 0.1) is 18.2 Å². The predicted molar refractivity (Wildman–Crippen MR) is 77.9 cm³/mol. The minimum Gasteiger partial charge on any atom is -0.383 e. The van der Waals surface area contributed by atoms with Crippen molar-refractivity contribution in [2.75, 3.05) is 5.73 Å². The predicted octanol–water partition coefficient (Wildman–Crippen LogP) is 2.74. The lowest BCUT2D eigenvalue weighted by Gasteiger charge is -2.26. The summed E-state index contributed by atoms with van der Waals surface area (Å²) in [5.74, 6) is 2.05. The molecule has 2 N–H and O–H groups in total. The molecule has 0 saturated carbocycles. The van der Waals surface area contributed by atoms with Crippen molar-refractivity contribution in [3.05, 3.63) is 18.3 Å². The highest BCUT2D eigenvalue weighted by Gasteiger charge is 2.26. The van der Waals surface area contributed by atoms with Gasteiger partial charge >= 0.3 is 0 Å². The third-order valence-corrected chi connectivity index (χ3v) is 3.19. The number of nitrogens with zero attached hydrogens (tertiary/aromatic N) is 4. The Balaban J connectivity index is 2.70. The fourth-order valence-electron chi connectivity index (χ4n) is 2.32. The van der Waals surface area contributed by atoms with Gasteiger partial charge in [-0.2, -0.15) is 0 Å². The topological polar surface area (TPSA) is 61.7 Å². The molecule has 5 heteroatoms. The second kappa shape index (κ2) is 4.40. The van der Waals surface area contributed by atoms with Crippen LogP contribution >= 0.6 is 0 Å². The van der Waals surface area contributed by atoms with E-state index in [0.29, 0.717) is 11.7 Å². The maximum atomic E-state index is 6.35. The Kier molecular flexibility index (Phi) is 3.16. The molecule has 2 aromatic heterocycles. The highest BCUT2D eigenvalue weighted by Crippen LogP contribution is 2.33. The van der Waals surface area contributed by atoms with Gasteiger partial charge in [-0.15, -0.1) is 0 Å². The first-order valence-corrected chi connectivity index (χ1v) is 6.58. The average molecular weight is 261 g/mol. The Bertz CT molecular complexity index is 583. The first kappa shape index (κ1) is 13.6. The molecule has 5 nitrogen and oxygen atoms in total. The Hall–Kier alpha value is -1.78. The smallest absolute Gasteiger partial charge is 0.133 e. The monoisotopic (exact) mass is 261 g/mol. The van der Waals surface area contributed by atoms with Gasteiger partial charge in [0.25, 0.3) is 0 Å². The van der Waals surface area contributed by atoms with Crippen molar-refractivity contribution in [2.45, 2.75) is 46.1 Å². The highest BCUT2D eigenvalue weighted by molar-refractivity contribution is 5.68. The van der Waals surface area contributed by atoms with Crippen molar-refractivity contribution < 1.29 is 0 Å². The molecule has 19 heavy (non-hydrogen) atoms. The normalized spacial score (nSPS) is 12.4. The van der Waals surface area contributed by atoms with E-state index < -0.39 is 0 Å². The Morgan fingerprint density at radius 1 is 1.26 bits per heavy atom. The van der Waals surface area contributed by atoms with Gasteiger partial charge < -0.3 is 14.9 Å². The summed E-state index contributed by atoms with van der Waals surface area (Å²) >= 11 is 0. The number of rotatable bonds is 2. The largest absolute Gasteiger partial charge is 0.383 e. The van der Waals surface area contributed by atoms with Crippen LogP contribution in [0, 0.1) is 0 Å². The van der Waals surface area contributed by atoms with Crippen molar-refractivity contribution in [1.82, 2.24) is 19.1 Å². The van der Waals surface area contributed by atoms with Gasteiger partial charge in [0.2, 0.25) is 0 Å². The summed E-state index contributed by atoms with van der Waals surface area (Å²) in [4.78, 5) is 8.90. The molecule has 0 aliphatic heterocycles. The van der Waals surface area contributed by atoms with E-state index in [2.05, 4.69) is 44.2 Å². The van der Waals surface area contributed by atoms with E-state index >= 15 is 0 Å². The molecule has 0 atom stereocenters. The van der Waals surface area contributed by atoms with Crippen LogP contribution in [0.25, 0.3) is 11.4 Å². The van der Waals surface area contributed by atoms with Gasteiger partial charge in [0.15, 0.2) is 0 Å². The zero-order valence-electron chi connectivity index (χ0n) is 12.6. The summed E-state index contributed by atoms with van der Waals surface area (Å²) in [5, 5.41) is 0. The van der Waals surface area contributed by atoms with E-state index in [0.717, 1.165) is 17.2 Å². The first-order valence-electron chi connectivity index (χ1n) is 6.58. The molecule has 0 aliphatic carbocycles. The molecular formula is C14H23N5. The van der Waals surface area contributed by atoms with Gasteiger partial charge in [-0.3, -0.25) is 0 Å². The van der Waals surface area contributed by atoms with Gasteiger partial charge in [-0.1, -0.05) is 13.8 Å². The van der Waals surface area contributed by atoms with Gasteiger partial charge in [0, 0.05) is 18.5 Å². The van der Waals surface area contributed by atoms with E-state index in [-0.39, 0.29) is 5.54 Å². The average Bonchev–Trinajstić information content (AvgIpc) is 2.80. The van der Waals surface area contributed by atoms with Crippen LogP contribution in [0.5, 0.6) is 0 Å². The van der Waals surface area contributed by atoms with Gasteiger partial charge in [0.1, 0.15) is 17.3 Å². The molecule has 2 heterocycles. The van der Waals surface area contributed by atoms with Crippen LogP contribution in [0.2, 0.25) is 0 Å². The lowest BCUT2D eigenvalue weighted by atomic mass is 10.1. The molecule has 0 amide bonds. The van der Waals surface area contributed by atoms with Crippen LogP contribution in [0.1, 0.15) is 46.4 Å². The fraction of sp³-hybridized carbons (Fsp3) is 0.571. The Labute approximate surface area is 114 Å². The standard InChI is InChI=1S/C14H23N5/c1-9(2)13-17-11(10-7-16-8-18(10)6)12(15)19(13)14(3,4)5/h7-9H,15H2,1-6H3. The minimum absolute atomic E-state index is 0.0898. The van der Waals surface area contributed by atoms with Gasteiger partial charge in [-0.25, -0.2) is 9.97 Å². The maximum Gasteiger partial charge on any atom is 0.133 e. The zero-order chi connectivity index (χ0) is 14.4. The number of hydrogen-bond donors (Lipinski definition) is 1. The quantitative estimate of drug-likeness (QED) is 0.904. The number of imidazole rings is 2. The molecule has 2 aromatic rings. The number of aromatic nitrogens is 4. The summed E-state index contributed by atoms with van der Waals surface area (Å²) in [6, 6.07) is 0. The third kappa shape index (κ3) is 2.25. The number of anilines is 1. The van der Waals surface area contributed by atoms with Crippen molar-refractivity contribution in [1.29, 1.82) is 0 Å². The molecule has 2 rings (SSSR count). The van der Waals surface area contributed by atoms with Crippen molar-refractivity contribution in [3.63, 3.8) is 0 Å². The molecule has 0 fully saturated rings. The fourth-order valence-corrected chi connectivity index (χ4v) is 2.32. The zero-order valence-corrected chi connectivity index (χ0v) is 12.6. The summed E-state index contributed by atoms with van der Waals surface area (Å²) in [6.07, 6.45) is 3.57. The van der Waals surface area contributed by atoms with Crippen molar-refractivity contribution in [2.24, 2.45) is 7.05 Å². The maximum absolute atomic E-state index is 6.35. The summed E-state index contributed by atoms with van der Waals surface area (Å²) in [6.45, 7) is 10.7. The van der Waals surface area contributed by atoms with Crippen LogP contribution in [-0.4, -0.2) is 19.1 Å². The van der Waals surface area contributed by atoms with Gasteiger partial charge in [-0.05, 0) is 20.8 Å². The van der Waals surface area contributed by atoms with Crippen LogP contribution in [0.15, 0.2) is 12.5 Å². The molecule has 0 aromatic carbocycles. The molecule has 0 saturated heterocycles. The molecular weight excluding hydrogens is 238 g/mol. The van der Waals surface area contributed by atoms with E-state index in [1.165, 1.54) is 0 Å². The number of nitrogen functional groups attached to an aromatic ring is 1. The highest BCUT2D eigenvalue weighted by atomic mass is 15.2. The SMILES string of the molecule is CC(C)c1nc(-c2cncn2C)c(N)n1C(C)(C)C. The third-order valence-electron chi connectivity index (χ3n) is 3.19. The second-order valence-corrected chi connectivity index (χ2v) is 6.25. The van der Waals surface area contributed by atoms with Crippen LogP contribution < -0.4 is 5.73 Å². The van der Waals surface area contributed by atoms with Crippen LogP contribution in [0.4, 0.5) is 5.82 Å². The Morgan fingerprint density at radius 3 is 2.26 bits per heavy atom. The number of aryl methyl sites for hydroxylation is 1. The molecule has 104 valence electrons. The summed E-state index contributed by atoms with van der Waals surface area (Å²) < 4.78 is 4.07. The van der Waals surface area contributed by atoms with Crippen molar-refractivity contribution >= 4 is 5.82 Å². The van der Waals surface area contributed by atoms with Crippen molar-refractivity contribution in [3.8, 4) is 11.4 Å². The lowest BCUT2D eigenvalue weighted by Crippen LogP contribution is -2.26. The number of hydrogen-bond acceptors (Lipinski definition) is 3. The Morgan fingerprint density at radius 2 is 1.89 bits per heavy atom. The molecule has 0 unspecified atom stereocenters. The van der Waals surface area contributed by atoms with Crippen LogP contribution in [0.3, 0.4) is 0 Å². The van der Waals surface area contributed by atoms with Crippen LogP contribution in [-0.2, 0) is 12.6 Å².